The zero-order chi connectivity index (χ0) is 38.2. The molecular formula is C36H48F6O7Si. The minimum atomic E-state index is -5.24. The van der Waals surface area contributed by atoms with Crippen molar-refractivity contribution in [1.29, 1.82) is 0 Å². The lowest BCUT2D eigenvalue weighted by Crippen LogP contribution is -2.52. The number of benzene rings is 2. The number of hydrogen-bond donors (Lipinski definition) is 0. The fourth-order valence-corrected chi connectivity index (χ4v) is 6.17. The van der Waals surface area contributed by atoms with E-state index in [1.165, 1.54) is 42.5 Å². The number of halogens is 6. The molecule has 0 spiro atoms. The molecule has 0 aliphatic heterocycles. The molecule has 0 radical (unpaired) electrons. The van der Waals surface area contributed by atoms with Gasteiger partial charge < -0.3 is 23.4 Å². The van der Waals surface area contributed by atoms with E-state index >= 15 is 0 Å². The van der Waals surface area contributed by atoms with Crippen LogP contribution in [0.25, 0.3) is 0 Å². The number of methoxy groups -OCH3 is 2. The number of hydrogen-bond acceptors (Lipinski definition) is 7. The van der Waals surface area contributed by atoms with Crippen LogP contribution in [0, 0.1) is 5.92 Å². The van der Waals surface area contributed by atoms with Crippen LogP contribution in [0.3, 0.4) is 0 Å². The number of allylic oxidation sites excluding steroid dienone is 1. The third kappa shape index (κ3) is 9.77. The van der Waals surface area contributed by atoms with E-state index in [0.717, 1.165) is 38.5 Å². The van der Waals surface area contributed by atoms with Gasteiger partial charge in [-0.05, 0) is 56.8 Å². The number of rotatable bonds is 16. The zero-order valence-corrected chi connectivity index (χ0v) is 31.0. The van der Waals surface area contributed by atoms with E-state index in [1.54, 1.807) is 13.8 Å². The van der Waals surface area contributed by atoms with Crippen LogP contribution >= 0.6 is 0 Å². The Morgan fingerprint density at radius 2 is 1.20 bits per heavy atom. The largest absolute Gasteiger partial charge is 0.463 e. The normalized spacial score (nSPS) is 16.4. The zero-order valence-electron chi connectivity index (χ0n) is 30.0. The molecule has 0 aliphatic rings. The van der Waals surface area contributed by atoms with E-state index < -0.39 is 73.6 Å². The molecule has 280 valence electrons. The second-order valence-corrected chi connectivity index (χ2v) is 18.6. The Bertz CT molecular complexity index is 1420. The first-order chi connectivity index (χ1) is 23.0. The molecule has 2 rings (SSSR count). The van der Waals surface area contributed by atoms with Crippen LogP contribution in [0.15, 0.2) is 72.3 Å². The van der Waals surface area contributed by atoms with Gasteiger partial charge in [0.25, 0.3) is 11.2 Å². The van der Waals surface area contributed by atoms with Crippen LogP contribution in [0.4, 0.5) is 26.3 Å². The van der Waals surface area contributed by atoms with E-state index in [1.807, 2.05) is 33.9 Å². The quantitative estimate of drug-likeness (QED) is 0.0737. The average molecular weight is 735 g/mol. The Morgan fingerprint density at radius 3 is 1.58 bits per heavy atom. The van der Waals surface area contributed by atoms with Crippen molar-refractivity contribution in [3.63, 3.8) is 0 Å². The first-order valence-electron chi connectivity index (χ1n) is 16.0. The Hall–Kier alpha value is -3.20. The van der Waals surface area contributed by atoms with Crippen molar-refractivity contribution in [1.82, 2.24) is 0 Å². The minimum absolute atomic E-state index is 0.0934. The molecule has 1 unspecified atom stereocenters. The summed E-state index contributed by atoms with van der Waals surface area (Å²) in [6.45, 7) is 12.8. The maximum atomic E-state index is 14.6. The fourth-order valence-electron chi connectivity index (χ4n) is 5.11. The first-order valence-corrected chi connectivity index (χ1v) is 18.9. The van der Waals surface area contributed by atoms with Crippen LogP contribution in [-0.4, -0.2) is 66.1 Å². The average Bonchev–Trinajstić information content (AvgIpc) is 2.99. The summed E-state index contributed by atoms with van der Waals surface area (Å²) < 4.78 is 114. The second-order valence-electron chi connectivity index (χ2n) is 13.8. The van der Waals surface area contributed by atoms with Gasteiger partial charge in [0.15, 0.2) is 8.32 Å². The van der Waals surface area contributed by atoms with Gasteiger partial charge in [0.05, 0.1) is 6.61 Å². The molecule has 0 amide bonds. The van der Waals surface area contributed by atoms with Crippen LogP contribution in [0.2, 0.25) is 18.1 Å². The highest BCUT2D eigenvalue weighted by Gasteiger charge is 2.65. The van der Waals surface area contributed by atoms with Crippen LogP contribution in [-0.2, 0) is 44.2 Å². The van der Waals surface area contributed by atoms with Crippen molar-refractivity contribution < 1.29 is 59.3 Å². The maximum absolute atomic E-state index is 14.6. The monoisotopic (exact) mass is 734 g/mol. The molecule has 0 aromatic heterocycles. The molecule has 0 fully saturated rings. The minimum Gasteiger partial charge on any atom is -0.463 e. The molecule has 2 aromatic rings. The standard InChI is InChI=1S/C36H48F6O7Si/c1-25(2)22-29(49-31(44)34(46-7,36(40,41)42)28-18-14-11-15-19-28)23-26(20-21-48-50(8,9)32(3,4)5)24-47-30(43)33(45-6,35(37,38)39)27-16-12-10-13-17-27/h10-19,22,26,29H,20-21,23-24H2,1-9H3/t26?,29-,33+,34+/m0/s1. The van der Waals surface area contributed by atoms with Crippen LogP contribution in [0.5, 0.6) is 0 Å². The Kier molecular flexibility index (Phi) is 14.5. The lowest BCUT2D eigenvalue weighted by Gasteiger charge is -2.37. The summed E-state index contributed by atoms with van der Waals surface area (Å²) in [6, 6.07) is 12.6. The van der Waals surface area contributed by atoms with Gasteiger partial charge in [0.1, 0.15) is 6.10 Å². The lowest BCUT2D eigenvalue weighted by atomic mass is 9.92. The molecular weight excluding hydrogens is 686 g/mol. The maximum Gasteiger partial charge on any atom is 0.432 e. The van der Waals surface area contributed by atoms with E-state index in [4.69, 9.17) is 23.4 Å². The van der Waals surface area contributed by atoms with E-state index in [-0.39, 0.29) is 24.5 Å². The molecule has 2 aromatic carbocycles. The highest BCUT2D eigenvalue weighted by atomic mass is 28.4. The van der Waals surface area contributed by atoms with E-state index in [9.17, 15) is 35.9 Å². The Labute approximate surface area is 291 Å². The molecule has 0 bridgehead atoms. The highest BCUT2D eigenvalue weighted by molar-refractivity contribution is 6.74. The first kappa shape index (κ1) is 43.0. The fraction of sp³-hybridized carbons (Fsp3) is 0.556. The summed E-state index contributed by atoms with van der Waals surface area (Å²) in [6.07, 6.45) is -10.5. The number of carbonyl (C=O) groups is 2. The number of esters is 2. The van der Waals surface area contributed by atoms with Gasteiger partial charge in [-0.3, -0.25) is 0 Å². The molecule has 0 N–H and O–H groups in total. The molecule has 0 aliphatic carbocycles. The molecule has 7 nitrogen and oxygen atoms in total. The third-order valence-corrected chi connectivity index (χ3v) is 13.5. The number of carbonyl (C=O) groups excluding carboxylic acids is 2. The summed E-state index contributed by atoms with van der Waals surface area (Å²) in [5.41, 5.74) is -7.37. The topological polar surface area (TPSA) is 80.3 Å². The van der Waals surface area contributed by atoms with E-state index in [0.29, 0.717) is 5.57 Å². The highest BCUT2D eigenvalue weighted by Crippen LogP contribution is 2.45. The van der Waals surface area contributed by atoms with E-state index in [2.05, 4.69) is 0 Å². The van der Waals surface area contributed by atoms with Gasteiger partial charge in [-0.2, -0.15) is 26.3 Å². The van der Waals surface area contributed by atoms with Crippen LogP contribution < -0.4 is 0 Å². The van der Waals surface area contributed by atoms with Gasteiger partial charge in [0, 0.05) is 32.0 Å². The predicted molar refractivity (Wildman–Crippen MR) is 179 cm³/mol. The predicted octanol–water partition coefficient (Wildman–Crippen LogP) is 9.03. The van der Waals surface area contributed by atoms with Crippen molar-refractivity contribution in [3.05, 3.63) is 83.4 Å². The van der Waals surface area contributed by atoms with Crippen molar-refractivity contribution in [2.24, 2.45) is 5.92 Å². The Morgan fingerprint density at radius 1 is 0.760 bits per heavy atom. The summed E-state index contributed by atoms with van der Waals surface area (Å²) in [4.78, 5) is 26.9. The summed E-state index contributed by atoms with van der Waals surface area (Å²) in [5.74, 6) is -4.31. The van der Waals surface area contributed by atoms with Gasteiger partial charge in [0.2, 0.25) is 0 Å². The molecule has 0 saturated carbocycles. The lowest BCUT2D eigenvalue weighted by molar-refractivity contribution is -0.279. The van der Waals surface area contributed by atoms with Crippen molar-refractivity contribution >= 4 is 20.3 Å². The smallest absolute Gasteiger partial charge is 0.432 e. The van der Waals surface area contributed by atoms with Crippen LogP contribution in [0.1, 0.15) is 58.6 Å². The van der Waals surface area contributed by atoms with Gasteiger partial charge in [-0.15, -0.1) is 0 Å². The van der Waals surface area contributed by atoms with Gasteiger partial charge >= 0.3 is 24.3 Å². The molecule has 0 heterocycles. The summed E-state index contributed by atoms with van der Waals surface area (Å²) in [5, 5.41) is -0.186. The second kappa shape index (κ2) is 16.9. The van der Waals surface area contributed by atoms with Crippen molar-refractivity contribution in [2.45, 2.75) is 95.3 Å². The summed E-state index contributed by atoms with van der Waals surface area (Å²) in [7, 11) is -0.831. The number of ether oxygens (including phenoxy) is 4. The van der Waals surface area contributed by atoms with Gasteiger partial charge in [-0.25, -0.2) is 9.59 Å². The molecule has 50 heavy (non-hydrogen) atoms. The van der Waals surface area contributed by atoms with Crippen molar-refractivity contribution in [3.8, 4) is 0 Å². The molecule has 14 heteroatoms. The molecule has 4 atom stereocenters. The molecule has 0 saturated heterocycles. The van der Waals surface area contributed by atoms with Gasteiger partial charge in [-0.1, -0.05) is 87.0 Å². The SMILES string of the molecule is CO[C@@](C(=O)OCC(CCO[Si](C)(C)C(C)(C)C)C[C@H](C=C(C)C)OC(=O)[C@](OC)(c1ccccc1)C(F)(F)F)(c1ccccc1)C(F)(F)F. The third-order valence-electron chi connectivity index (χ3n) is 8.93. The number of alkyl halides is 6. The van der Waals surface area contributed by atoms with Crippen molar-refractivity contribution in [2.75, 3.05) is 27.4 Å². The summed E-state index contributed by atoms with van der Waals surface area (Å²) >= 11 is 0. The Balaban J connectivity index is 2.51.